The maximum absolute atomic E-state index is 11.8. The molecule has 0 aliphatic carbocycles. The Morgan fingerprint density at radius 1 is 1.43 bits per heavy atom. The lowest BCUT2D eigenvalue weighted by Gasteiger charge is -2.07. The van der Waals surface area contributed by atoms with Gasteiger partial charge < -0.3 is 15.0 Å². The van der Waals surface area contributed by atoms with Crippen LogP contribution in [0.25, 0.3) is 0 Å². The number of aromatic amines is 1. The van der Waals surface area contributed by atoms with Crippen LogP contribution in [0.2, 0.25) is 5.02 Å². The molecular formula is C15H18ClN3O2. The van der Waals surface area contributed by atoms with Gasteiger partial charge in [0.05, 0.1) is 12.1 Å². The van der Waals surface area contributed by atoms with Gasteiger partial charge in [-0.2, -0.15) is 0 Å². The molecule has 1 aromatic carbocycles. The number of imidazole rings is 1. The Kier molecular flexibility index (Phi) is 5.63. The van der Waals surface area contributed by atoms with Crippen LogP contribution in [-0.4, -0.2) is 29.5 Å². The van der Waals surface area contributed by atoms with Gasteiger partial charge in [-0.1, -0.05) is 17.7 Å². The molecule has 21 heavy (non-hydrogen) atoms. The molecule has 0 fully saturated rings. The SMILES string of the molecule is COc1ccc(CCC(=O)NCCc2ncc[nH]2)cc1Cl. The van der Waals surface area contributed by atoms with E-state index in [1.807, 2.05) is 18.2 Å². The number of benzene rings is 1. The van der Waals surface area contributed by atoms with Gasteiger partial charge in [-0.25, -0.2) is 4.98 Å². The number of halogens is 1. The highest BCUT2D eigenvalue weighted by Crippen LogP contribution is 2.25. The summed E-state index contributed by atoms with van der Waals surface area (Å²) in [4.78, 5) is 18.8. The van der Waals surface area contributed by atoms with Crippen LogP contribution >= 0.6 is 11.6 Å². The Balaban J connectivity index is 1.72. The van der Waals surface area contributed by atoms with Gasteiger partial charge in [0, 0.05) is 31.8 Å². The molecule has 6 heteroatoms. The first-order valence-corrected chi connectivity index (χ1v) is 7.14. The number of ether oxygens (including phenoxy) is 1. The van der Waals surface area contributed by atoms with Crippen molar-refractivity contribution in [1.82, 2.24) is 15.3 Å². The number of hydrogen-bond donors (Lipinski definition) is 2. The normalized spacial score (nSPS) is 10.4. The molecule has 2 rings (SSSR count). The van der Waals surface area contributed by atoms with E-state index >= 15 is 0 Å². The second-order valence-corrected chi connectivity index (χ2v) is 5.01. The van der Waals surface area contributed by atoms with Crippen LogP contribution in [0, 0.1) is 0 Å². The zero-order valence-electron chi connectivity index (χ0n) is 11.9. The van der Waals surface area contributed by atoms with Gasteiger partial charge in [0.25, 0.3) is 0 Å². The molecule has 1 amide bonds. The van der Waals surface area contributed by atoms with Crippen LogP contribution < -0.4 is 10.1 Å². The topological polar surface area (TPSA) is 67.0 Å². The van der Waals surface area contributed by atoms with Gasteiger partial charge in [0.2, 0.25) is 5.91 Å². The molecule has 112 valence electrons. The van der Waals surface area contributed by atoms with Crippen LogP contribution in [0.15, 0.2) is 30.6 Å². The van der Waals surface area contributed by atoms with E-state index in [0.717, 1.165) is 11.4 Å². The van der Waals surface area contributed by atoms with Gasteiger partial charge >= 0.3 is 0 Å². The molecule has 0 aliphatic rings. The van der Waals surface area contributed by atoms with Crippen molar-refractivity contribution in [2.75, 3.05) is 13.7 Å². The third-order valence-electron chi connectivity index (χ3n) is 3.10. The van der Waals surface area contributed by atoms with Crippen molar-refractivity contribution in [2.45, 2.75) is 19.3 Å². The molecule has 0 radical (unpaired) electrons. The van der Waals surface area contributed by atoms with E-state index < -0.39 is 0 Å². The first-order valence-electron chi connectivity index (χ1n) is 6.76. The highest BCUT2D eigenvalue weighted by molar-refractivity contribution is 6.32. The van der Waals surface area contributed by atoms with Gasteiger partial charge in [-0.15, -0.1) is 0 Å². The van der Waals surface area contributed by atoms with Gasteiger partial charge in [-0.3, -0.25) is 4.79 Å². The third-order valence-corrected chi connectivity index (χ3v) is 3.39. The molecule has 1 aromatic heterocycles. The average Bonchev–Trinajstić information content (AvgIpc) is 2.98. The van der Waals surface area contributed by atoms with Gasteiger partial charge in [0.1, 0.15) is 11.6 Å². The second-order valence-electron chi connectivity index (χ2n) is 4.60. The number of hydrogen-bond acceptors (Lipinski definition) is 3. The number of H-pyrrole nitrogens is 1. The van der Waals surface area contributed by atoms with Crippen molar-refractivity contribution in [3.05, 3.63) is 47.0 Å². The number of nitrogens with zero attached hydrogens (tertiary/aromatic N) is 1. The summed E-state index contributed by atoms with van der Waals surface area (Å²) < 4.78 is 5.09. The lowest BCUT2D eigenvalue weighted by Crippen LogP contribution is -2.26. The zero-order valence-corrected chi connectivity index (χ0v) is 12.6. The van der Waals surface area contributed by atoms with Crippen molar-refractivity contribution in [1.29, 1.82) is 0 Å². The molecule has 2 aromatic rings. The molecule has 0 atom stereocenters. The van der Waals surface area contributed by atoms with E-state index in [-0.39, 0.29) is 5.91 Å². The molecule has 0 aliphatic heterocycles. The summed E-state index contributed by atoms with van der Waals surface area (Å²) >= 11 is 6.05. The van der Waals surface area contributed by atoms with E-state index in [2.05, 4.69) is 15.3 Å². The Hall–Kier alpha value is -2.01. The minimum absolute atomic E-state index is 0.0218. The summed E-state index contributed by atoms with van der Waals surface area (Å²) in [5.74, 6) is 1.54. The quantitative estimate of drug-likeness (QED) is 0.825. The summed E-state index contributed by atoms with van der Waals surface area (Å²) in [5.41, 5.74) is 1.02. The Morgan fingerprint density at radius 2 is 2.29 bits per heavy atom. The van der Waals surface area contributed by atoms with Crippen molar-refractivity contribution in [3.63, 3.8) is 0 Å². The molecule has 0 saturated carbocycles. The van der Waals surface area contributed by atoms with Crippen molar-refractivity contribution in [2.24, 2.45) is 0 Å². The molecule has 2 N–H and O–H groups in total. The predicted octanol–water partition coefficient (Wildman–Crippen LogP) is 2.36. The van der Waals surface area contributed by atoms with Crippen LogP contribution in [0.5, 0.6) is 5.75 Å². The fourth-order valence-corrected chi connectivity index (χ4v) is 2.25. The maximum atomic E-state index is 11.8. The maximum Gasteiger partial charge on any atom is 0.220 e. The predicted molar refractivity (Wildman–Crippen MR) is 81.6 cm³/mol. The number of aryl methyl sites for hydroxylation is 1. The molecule has 0 saturated heterocycles. The number of carbonyl (C=O) groups is 1. The zero-order chi connectivity index (χ0) is 15.1. The van der Waals surface area contributed by atoms with Crippen molar-refractivity contribution in [3.8, 4) is 5.75 Å². The fraction of sp³-hybridized carbons (Fsp3) is 0.333. The van der Waals surface area contributed by atoms with Gasteiger partial charge in [-0.05, 0) is 24.1 Å². The van der Waals surface area contributed by atoms with Crippen LogP contribution in [0.1, 0.15) is 17.8 Å². The number of methoxy groups -OCH3 is 1. The molecule has 0 bridgehead atoms. The first kappa shape index (κ1) is 15.4. The monoisotopic (exact) mass is 307 g/mol. The molecule has 1 heterocycles. The average molecular weight is 308 g/mol. The van der Waals surface area contributed by atoms with Crippen molar-refractivity contribution < 1.29 is 9.53 Å². The van der Waals surface area contributed by atoms with E-state index in [1.54, 1.807) is 19.5 Å². The summed E-state index contributed by atoms with van der Waals surface area (Å²) in [6.45, 7) is 0.579. The molecular weight excluding hydrogens is 290 g/mol. The van der Waals surface area contributed by atoms with Crippen molar-refractivity contribution >= 4 is 17.5 Å². The Morgan fingerprint density at radius 3 is 2.95 bits per heavy atom. The smallest absolute Gasteiger partial charge is 0.220 e. The number of amides is 1. The molecule has 5 nitrogen and oxygen atoms in total. The first-order chi connectivity index (χ1) is 10.2. The number of nitrogens with one attached hydrogen (secondary N) is 2. The Bertz CT molecular complexity index is 585. The second kappa shape index (κ2) is 7.69. The van der Waals surface area contributed by atoms with E-state index in [0.29, 0.717) is 36.6 Å². The minimum Gasteiger partial charge on any atom is -0.495 e. The van der Waals surface area contributed by atoms with Crippen LogP contribution in [0.4, 0.5) is 0 Å². The van der Waals surface area contributed by atoms with E-state index in [9.17, 15) is 4.79 Å². The van der Waals surface area contributed by atoms with E-state index in [1.165, 1.54) is 0 Å². The summed E-state index contributed by atoms with van der Waals surface area (Å²) in [6, 6.07) is 5.56. The lowest BCUT2D eigenvalue weighted by molar-refractivity contribution is -0.121. The molecule has 0 unspecified atom stereocenters. The summed E-state index contributed by atoms with van der Waals surface area (Å²) in [7, 11) is 1.58. The highest BCUT2D eigenvalue weighted by atomic mass is 35.5. The number of aromatic nitrogens is 2. The summed E-state index contributed by atoms with van der Waals surface area (Å²) in [6.07, 6.45) is 5.25. The molecule has 0 spiro atoms. The number of carbonyl (C=O) groups excluding carboxylic acids is 1. The minimum atomic E-state index is 0.0218. The summed E-state index contributed by atoms with van der Waals surface area (Å²) in [5, 5.41) is 3.43. The Labute approximate surface area is 128 Å². The standard InChI is InChI=1S/C15H18ClN3O2/c1-21-13-4-2-11(10-12(13)16)3-5-15(20)19-7-6-14-17-8-9-18-14/h2,4,8-10H,3,5-7H2,1H3,(H,17,18)(H,19,20). The number of rotatable bonds is 7. The highest BCUT2D eigenvalue weighted by Gasteiger charge is 2.05. The van der Waals surface area contributed by atoms with Crippen LogP contribution in [0.3, 0.4) is 0 Å². The van der Waals surface area contributed by atoms with Crippen LogP contribution in [-0.2, 0) is 17.6 Å². The van der Waals surface area contributed by atoms with E-state index in [4.69, 9.17) is 16.3 Å². The lowest BCUT2D eigenvalue weighted by atomic mass is 10.1. The van der Waals surface area contributed by atoms with Gasteiger partial charge in [0.15, 0.2) is 0 Å². The largest absolute Gasteiger partial charge is 0.495 e. The fourth-order valence-electron chi connectivity index (χ4n) is 1.97. The third kappa shape index (κ3) is 4.79.